The average molecular weight is 416 g/mol. The fourth-order valence-electron chi connectivity index (χ4n) is 4.62. The van der Waals surface area contributed by atoms with E-state index in [9.17, 15) is 9.90 Å². The quantitative estimate of drug-likeness (QED) is 0.538. The summed E-state index contributed by atoms with van der Waals surface area (Å²) < 4.78 is 5.98. The maximum absolute atomic E-state index is 11.8. The monoisotopic (exact) mass is 415 g/mol. The maximum Gasteiger partial charge on any atom is 0.335 e. The number of ether oxygens (including phenoxy) is 1. The molecule has 1 fully saturated rings. The highest BCUT2D eigenvalue weighted by molar-refractivity contribution is 5.89. The van der Waals surface area contributed by atoms with Gasteiger partial charge in [-0.15, -0.1) is 0 Å². The van der Waals surface area contributed by atoms with Gasteiger partial charge in [0.2, 0.25) is 0 Å². The van der Waals surface area contributed by atoms with Gasteiger partial charge in [0.15, 0.2) is 0 Å². The summed E-state index contributed by atoms with van der Waals surface area (Å²) in [6.07, 6.45) is 0.929. The molecule has 0 radical (unpaired) electrons. The zero-order valence-electron chi connectivity index (χ0n) is 18.1. The van der Waals surface area contributed by atoms with Crippen LogP contribution in [0.15, 0.2) is 78.9 Å². The van der Waals surface area contributed by atoms with Gasteiger partial charge < -0.3 is 9.84 Å². The Kier molecular flexibility index (Phi) is 6.10. The summed E-state index contributed by atoms with van der Waals surface area (Å²) in [6.45, 7) is 7.16. The maximum atomic E-state index is 11.8. The van der Waals surface area contributed by atoms with E-state index < -0.39 is 5.97 Å². The van der Waals surface area contributed by atoms with Gasteiger partial charge in [0, 0.05) is 13.1 Å². The molecule has 0 unspecified atom stereocenters. The van der Waals surface area contributed by atoms with E-state index in [1.54, 1.807) is 12.1 Å². The standard InChI is InChI=1S/C27H29NO3/c1-20-18-28(16-15-27(20,2)25-14-7-6-13-24(25)26(29)30)19-21-9-8-12-23(17-21)31-22-10-4-3-5-11-22/h3-14,17,20H,15-16,18-19H2,1-2H3,(H,29,30)/t20-,27+/m0/s1. The number of hydrogen-bond acceptors (Lipinski definition) is 3. The summed E-state index contributed by atoms with van der Waals surface area (Å²) in [5, 5.41) is 9.65. The molecule has 1 heterocycles. The number of rotatable bonds is 6. The van der Waals surface area contributed by atoms with E-state index in [2.05, 4.69) is 30.9 Å². The summed E-state index contributed by atoms with van der Waals surface area (Å²) in [5.74, 6) is 1.17. The zero-order chi connectivity index (χ0) is 21.8. The number of benzene rings is 3. The van der Waals surface area contributed by atoms with Crippen LogP contribution in [-0.2, 0) is 12.0 Å². The van der Waals surface area contributed by atoms with Crippen LogP contribution < -0.4 is 4.74 Å². The van der Waals surface area contributed by atoms with Gasteiger partial charge in [-0.05, 0) is 65.8 Å². The lowest BCUT2D eigenvalue weighted by Gasteiger charge is -2.45. The van der Waals surface area contributed by atoms with Crippen molar-refractivity contribution >= 4 is 5.97 Å². The molecule has 3 aromatic carbocycles. The second-order valence-corrected chi connectivity index (χ2v) is 8.72. The van der Waals surface area contributed by atoms with E-state index in [0.717, 1.165) is 43.1 Å². The number of aromatic carboxylic acids is 1. The molecule has 31 heavy (non-hydrogen) atoms. The summed E-state index contributed by atoms with van der Waals surface area (Å²) >= 11 is 0. The molecule has 2 atom stereocenters. The SMILES string of the molecule is C[C@H]1CN(Cc2cccc(Oc3ccccc3)c2)CC[C@@]1(C)c1ccccc1C(=O)O. The molecule has 0 bridgehead atoms. The molecule has 0 spiro atoms. The number of likely N-dealkylation sites (tertiary alicyclic amines) is 1. The minimum Gasteiger partial charge on any atom is -0.478 e. The van der Waals surface area contributed by atoms with Crippen molar-refractivity contribution < 1.29 is 14.6 Å². The van der Waals surface area contributed by atoms with Crippen LogP contribution in [0, 0.1) is 5.92 Å². The van der Waals surface area contributed by atoms with Crippen molar-refractivity contribution in [1.82, 2.24) is 4.90 Å². The third kappa shape index (κ3) is 4.64. The summed E-state index contributed by atoms with van der Waals surface area (Å²) in [4.78, 5) is 14.2. The molecule has 4 rings (SSSR count). The fourth-order valence-corrected chi connectivity index (χ4v) is 4.62. The molecule has 1 aliphatic heterocycles. The largest absolute Gasteiger partial charge is 0.478 e. The second-order valence-electron chi connectivity index (χ2n) is 8.72. The normalized spacial score (nSPS) is 21.5. The molecule has 0 aliphatic carbocycles. The van der Waals surface area contributed by atoms with Crippen LogP contribution in [0.3, 0.4) is 0 Å². The van der Waals surface area contributed by atoms with Crippen molar-refractivity contribution in [3.63, 3.8) is 0 Å². The molecular formula is C27H29NO3. The average Bonchev–Trinajstić information content (AvgIpc) is 2.77. The van der Waals surface area contributed by atoms with Gasteiger partial charge in [-0.3, -0.25) is 4.90 Å². The van der Waals surface area contributed by atoms with Crippen molar-refractivity contribution in [2.45, 2.75) is 32.2 Å². The first kappa shape index (κ1) is 21.1. The fraction of sp³-hybridized carbons (Fsp3) is 0.296. The first-order valence-electron chi connectivity index (χ1n) is 10.8. The van der Waals surface area contributed by atoms with Crippen LogP contribution in [0.2, 0.25) is 0 Å². The van der Waals surface area contributed by atoms with Crippen molar-refractivity contribution in [1.29, 1.82) is 0 Å². The summed E-state index contributed by atoms with van der Waals surface area (Å²) in [7, 11) is 0. The Bertz CT molecular complexity index is 1050. The Hall–Kier alpha value is -3.11. The van der Waals surface area contributed by atoms with E-state index in [0.29, 0.717) is 11.5 Å². The number of para-hydroxylation sites is 1. The molecule has 0 aromatic heterocycles. The van der Waals surface area contributed by atoms with Crippen LogP contribution in [0.5, 0.6) is 11.5 Å². The van der Waals surface area contributed by atoms with Gasteiger partial charge in [0.25, 0.3) is 0 Å². The van der Waals surface area contributed by atoms with Crippen molar-refractivity contribution in [2.75, 3.05) is 13.1 Å². The highest BCUT2D eigenvalue weighted by Gasteiger charge is 2.40. The number of carboxylic acid groups (broad SMARTS) is 1. The van der Waals surface area contributed by atoms with Crippen LogP contribution in [0.25, 0.3) is 0 Å². The van der Waals surface area contributed by atoms with E-state index in [4.69, 9.17) is 4.74 Å². The predicted molar refractivity (Wildman–Crippen MR) is 123 cm³/mol. The Morgan fingerprint density at radius 2 is 1.74 bits per heavy atom. The first-order valence-corrected chi connectivity index (χ1v) is 10.8. The number of carbonyl (C=O) groups is 1. The molecule has 160 valence electrons. The summed E-state index contributed by atoms with van der Waals surface area (Å²) in [5.41, 5.74) is 2.45. The van der Waals surface area contributed by atoms with Gasteiger partial charge in [0.1, 0.15) is 11.5 Å². The number of piperidine rings is 1. The molecular weight excluding hydrogens is 386 g/mol. The van der Waals surface area contributed by atoms with Crippen LogP contribution >= 0.6 is 0 Å². The number of carboxylic acids is 1. The highest BCUT2D eigenvalue weighted by atomic mass is 16.5. The molecule has 0 saturated carbocycles. The Morgan fingerprint density at radius 3 is 2.48 bits per heavy atom. The molecule has 4 heteroatoms. The lowest BCUT2D eigenvalue weighted by atomic mass is 9.66. The van der Waals surface area contributed by atoms with Crippen LogP contribution in [0.4, 0.5) is 0 Å². The van der Waals surface area contributed by atoms with Gasteiger partial charge in [-0.25, -0.2) is 4.79 Å². The lowest BCUT2D eigenvalue weighted by Crippen LogP contribution is -2.47. The van der Waals surface area contributed by atoms with Crippen molar-refractivity contribution in [3.05, 3.63) is 95.6 Å². The Morgan fingerprint density at radius 1 is 1.03 bits per heavy atom. The number of nitrogens with zero attached hydrogens (tertiary/aromatic N) is 1. The van der Waals surface area contributed by atoms with Gasteiger partial charge in [0.05, 0.1) is 5.56 Å². The molecule has 0 amide bonds. The first-order chi connectivity index (χ1) is 15.0. The predicted octanol–water partition coefficient (Wildman–Crippen LogP) is 5.98. The minimum atomic E-state index is -0.846. The molecule has 1 aliphatic rings. The van der Waals surface area contributed by atoms with Crippen molar-refractivity contribution in [2.24, 2.45) is 5.92 Å². The van der Waals surface area contributed by atoms with E-state index in [-0.39, 0.29) is 5.41 Å². The topological polar surface area (TPSA) is 49.8 Å². The van der Waals surface area contributed by atoms with Gasteiger partial charge >= 0.3 is 5.97 Å². The van der Waals surface area contributed by atoms with Crippen LogP contribution in [-0.4, -0.2) is 29.1 Å². The molecule has 3 aromatic rings. The van der Waals surface area contributed by atoms with E-state index >= 15 is 0 Å². The molecule has 1 saturated heterocycles. The summed E-state index contributed by atoms with van der Waals surface area (Å²) in [6, 6.07) is 25.5. The van der Waals surface area contributed by atoms with Gasteiger partial charge in [-0.2, -0.15) is 0 Å². The third-order valence-corrected chi connectivity index (χ3v) is 6.62. The zero-order valence-corrected chi connectivity index (χ0v) is 18.1. The Labute approximate surface area is 184 Å². The smallest absolute Gasteiger partial charge is 0.335 e. The second kappa shape index (κ2) is 8.94. The third-order valence-electron chi connectivity index (χ3n) is 6.62. The van der Waals surface area contributed by atoms with Crippen molar-refractivity contribution in [3.8, 4) is 11.5 Å². The highest BCUT2D eigenvalue weighted by Crippen LogP contribution is 2.41. The Balaban J connectivity index is 1.45. The van der Waals surface area contributed by atoms with Crippen LogP contribution in [0.1, 0.15) is 41.8 Å². The van der Waals surface area contributed by atoms with E-state index in [1.165, 1.54) is 5.56 Å². The van der Waals surface area contributed by atoms with Gasteiger partial charge in [-0.1, -0.05) is 62.4 Å². The minimum absolute atomic E-state index is 0.149. The lowest BCUT2D eigenvalue weighted by molar-refractivity contribution is 0.0683. The number of hydrogen-bond donors (Lipinski definition) is 1. The molecule has 1 N–H and O–H groups in total. The van der Waals surface area contributed by atoms with E-state index in [1.807, 2.05) is 54.6 Å². The molecule has 4 nitrogen and oxygen atoms in total.